The lowest BCUT2D eigenvalue weighted by Gasteiger charge is -2.29. The molecule has 1 aliphatic rings. The average Bonchev–Trinajstić information content (AvgIpc) is 2.94. The number of cyclic esters (lactones) is 1. The van der Waals surface area contributed by atoms with Gasteiger partial charge in [0.1, 0.15) is 0 Å². The third-order valence-electron chi connectivity index (χ3n) is 4.68. The second-order valence-corrected chi connectivity index (χ2v) is 6.43. The molecule has 2 heterocycles. The second-order valence-electron chi connectivity index (χ2n) is 6.43. The van der Waals surface area contributed by atoms with Gasteiger partial charge in [0.05, 0.1) is 5.69 Å². The molecule has 1 aromatic heterocycles. The van der Waals surface area contributed by atoms with E-state index in [0.717, 1.165) is 16.8 Å². The van der Waals surface area contributed by atoms with Crippen LogP contribution in [0.1, 0.15) is 16.7 Å². The summed E-state index contributed by atoms with van der Waals surface area (Å²) in [6.07, 6.45) is 1.79. The normalized spacial score (nSPS) is 19.2. The SMILES string of the molecule is Cc1ccc(-c2ccc(C3(c4ccccc4)OC(=O)C(O)=C3O)cc2)nc1. The van der Waals surface area contributed by atoms with Gasteiger partial charge in [-0.15, -0.1) is 0 Å². The summed E-state index contributed by atoms with van der Waals surface area (Å²) in [5.74, 6) is -2.25. The fourth-order valence-electron chi connectivity index (χ4n) is 3.24. The van der Waals surface area contributed by atoms with Gasteiger partial charge in [0, 0.05) is 22.9 Å². The zero-order valence-corrected chi connectivity index (χ0v) is 14.6. The highest BCUT2D eigenvalue weighted by atomic mass is 16.6. The molecule has 3 aromatic rings. The van der Waals surface area contributed by atoms with Gasteiger partial charge >= 0.3 is 5.97 Å². The van der Waals surface area contributed by atoms with Gasteiger partial charge < -0.3 is 14.9 Å². The number of ether oxygens (including phenoxy) is 1. The average molecular weight is 359 g/mol. The van der Waals surface area contributed by atoms with Crippen molar-refractivity contribution >= 4 is 5.97 Å². The molecule has 27 heavy (non-hydrogen) atoms. The number of rotatable bonds is 3. The van der Waals surface area contributed by atoms with Crippen molar-refractivity contribution in [2.45, 2.75) is 12.5 Å². The molecule has 0 bridgehead atoms. The number of hydrogen-bond acceptors (Lipinski definition) is 5. The largest absolute Gasteiger partial charge is 0.504 e. The molecule has 0 aliphatic carbocycles. The molecule has 0 spiro atoms. The number of aliphatic hydroxyl groups excluding tert-OH is 2. The predicted octanol–water partition coefficient (Wildman–Crippen LogP) is 4.19. The monoisotopic (exact) mass is 359 g/mol. The minimum absolute atomic E-state index is 0.514. The van der Waals surface area contributed by atoms with Crippen molar-refractivity contribution < 1.29 is 19.7 Å². The van der Waals surface area contributed by atoms with Crippen LogP contribution >= 0.6 is 0 Å². The molecule has 5 heteroatoms. The van der Waals surface area contributed by atoms with Gasteiger partial charge in [-0.25, -0.2) is 4.79 Å². The Kier molecular flexibility index (Phi) is 3.92. The summed E-state index contributed by atoms with van der Waals surface area (Å²) in [6.45, 7) is 1.97. The van der Waals surface area contributed by atoms with Crippen molar-refractivity contribution in [1.82, 2.24) is 4.98 Å². The molecule has 0 saturated carbocycles. The van der Waals surface area contributed by atoms with Crippen molar-refractivity contribution in [3.8, 4) is 11.3 Å². The van der Waals surface area contributed by atoms with Gasteiger partial charge in [0.15, 0.2) is 5.76 Å². The molecule has 0 radical (unpaired) electrons. The van der Waals surface area contributed by atoms with E-state index in [9.17, 15) is 15.0 Å². The number of pyridine rings is 1. The molecule has 1 unspecified atom stereocenters. The molecule has 2 N–H and O–H groups in total. The zero-order chi connectivity index (χ0) is 19.0. The smallest absolute Gasteiger partial charge is 0.378 e. The summed E-state index contributed by atoms with van der Waals surface area (Å²) in [6, 6.07) is 19.9. The Balaban J connectivity index is 1.83. The quantitative estimate of drug-likeness (QED) is 0.686. The van der Waals surface area contributed by atoms with Crippen molar-refractivity contribution in [3.63, 3.8) is 0 Å². The summed E-state index contributed by atoms with van der Waals surface area (Å²) in [7, 11) is 0. The zero-order valence-electron chi connectivity index (χ0n) is 14.6. The Bertz CT molecular complexity index is 1020. The van der Waals surface area contributed by atoms with Gasteiger partial charge in [-0.3, -0.25) is 4.98 Å². The first-order valence-electron chi connectivity index (χ1n) is 8.47. The fraction of sp³-hybridized carbons (Fsp3) is 0.0909. The first-order valence-corrected chi connectivity index (χ1v) is 8.47. The van der Waals surface area contributed by atoms with Crippen LogP contribution in [-0.4, -0.2) is 21.2 Å². The van der Waals surface area contributed by atoms with Crippen LogP contribution in [0.25, 0.3) is 11.3 Å². The van der Waals surface area contributed by atoms with E-state index in [1.807, 2.05) is 37.3 Å². The number of aromatic nitrogens is 1. The van der Waals surface area contributed by atoms with Crippen molar-refractivity contribution in [1.29, 1.82) is 0 Å². The lowest BCUT2D eigenvalue weighted by atomic mass is 9.84. The molecule has 0 saturated heterocycles. The Labute approximate surface area is 156 Å². The first kappa shape index (κ1) is 16.8. The maximum absolute atomic E-state index is 12.0. The number of carbonyl (C=O) groups is 1. The number of hydrogen-bond donors (Lipinski definition) is 2. The topological polar surface area (TPSA) is 79.7 Å². The Morgan fingerprint density at radius 1 is 0.889 bits per heavy atom. The number of aryl methyl sites for hydroxylation is 1. The molecule has 134 valence electrons. The van der Waals surface area contributed by atoms with Crippen LogP contribution in [0.4, 0.5) is 0 Å². The predicted molar refractivity (Wildman–Crippen MR) is 100 cm³/mol. The molecule has 0 amide bonds. The van der Waals surface area contributed by atoms with E-state index in [4.69, 9.17) is 4.74 Å². The number of benzene rings is 2. The molecule has 5 nitrogen and oxygen atoms in total. The van der Waals surface area contributed by atoms with E-state index in [-0.39, 0.29) is 0 Å². The molecule has 1 atom stereocenters. The summed E-state index contributed by atoms with van der Waals surface area (Å²) in [5.41, 5.74) is 2.27. The summed E-state index contributed by atoms with van der Waals surface area (Å²) < 4.78 is 5.48. The fourth-order valence-corrected chi connectivity index (χ4v) is 3.24. The molecule has 4 rings (SSSR count). The standard InChI is InChI=1S/C22H17NO4/c1-14-7-12-18(23-13-14)15-8-10-17(11-9-15)22(16-5-3-2-4-6-16)20(25)19(24)21(26)27-22/h2-13,24-25H,1H3. The molecular formula is C22H17NO4. The molecule has 1 aliphatic heterocycles. The highest BCUT2D eigenvalue weighted by Crippen LogP contribution is 2.45. The van der Waals surface area contributed by atoms with Crippen LogP contribution in [-0.2, 0) is 15.1 Å². The highest BCUT2D eigenvalue weighted by Gasteiger charge is 2.51. The van der Waals surface area contributed by atoms with E-state index in [2.05, 4.69) is 4.98 Å². The maximum Gasteiger partial charge on any atom is 0.378 e. The minimum Gasteiger partial charge on any atom is -0.504 e. The van der Waals surface area contributed by atoms with Crippen molar-refractivity contribution in [3.05, 3.63) is 101 Å². The van der Waals surface area contributed by atoms with Gasteiger partial charge in [-0.2, -0.15) is 0 Å². The van der Waals surface area contributed by atoms with Crippen molar-refractivity contribution in [2.24, 2.45) is 0 Å². The van der Waals surface area contributed by atoms with E-state index in [1.165, 1.54) is 0 Å². The minimum atomic E-state index is -1.57. The molecule has 0 fully saturated rings. The van der Waals surface area contributed by atoms with Gasteiger partial charge in [-0.05, 0) is 18.6 Å². The van der Waals surface area contributed by atoms with E-state index >= 15 is 0 Å². The van der Waals surface area contributed by atoms with Crippen LogP contribution < -0.4 is 0 Å². The van der Waals surface area contributed by atoms with Crippen LogP contribution in [0, 0.1) is 6.92 Å². The van der Waals surface area contributed by atoms with Crippen LogP contribution in [0.2, 0.25) is 0 Å². The van der Waals surface area contributed by atoms with Gasteiger partial charge in [0.2, 0.25) is 11.4 Å². The summed E-state index contributed by atoms with van der Waals surface area (Å²) in [5, 5.41) is 20.5. The van der Waals surface area contributed by atoms with Crippen LogP contribution in [0.5, 0.6) is 0 Å². The van der Waals surface area contributed by atoms with E-state index < -0.39 is 23.1 Å². The number of carbonyl (C=O) groups excluding carboxylic acids is 1. The summed E-state index contributed by atoms with van der Waals surface area (Å²) >= 11 is 0. The number of nitrogens with zero attached hydrogens (tertiary/aromatic N) is 1. The van der Waals surface area contributed by atoms with Crippen molar-refractivity contribution in [2.75, 3.05) is 0 Å². The maximum atomic E-state index is 12.0. The summed E-state index contributed by atoms with van der Waals surface area (Å²) in [4.78, 5) is 16.4. The third kappa shape index (κ3) is 2.64. The van der Waals surface area contributed by atoms with Crippen LogP contribution in [0.15, 0.2) is 84.4 Å². The van der Waals surface area contributed by atoms with Gasteiger partial charge in [0.25, 0.3) is 0 Å². The van der Waals surface area contributed by atoms with E-state index in [1.54, 1.807) is 42.6 Å². The first-order chi connectivity index (χ1) is 13.0. The lowest BCUT2D eigenvalue weighted by Crippen LogP contribution is -2.30. The molecular weight excluding hydrogens is 342 g/mol. The number of aliphatic hydroxyl groups is 2. The number of esters is 1. The van der Waals surface area contributed by atoms with E-state index in [0.29, 0.717) is 11.1 Å². The Morgan fingerprint density at radius 3 is 2.11 bits per heavy atom. The highest BCUT2D eigenvalue weighted by molar-refractivity contribution is 5.91. The Hall–Kier alpha value is -3.60. The lowest BCUT2D eigenvalue weighted by molar-refractivity contribution is -0.147. The van der Waals surface area contributed by atoms with Gasteiger partial charge in [-0.1, -0.05) is 60.7 Å². The van der Waals surface area contributed by atoms with Crippen LogP contribution in [0.3, 0.4) is 0 Å². The Morgan fingerprint density at radius 2 is 1.56 bits per heavy atom. The third-order valence-corrected chi connectivity index (χ3v) is 4.68. The second kappa shape index (κ2) is 6.29. The molecule has 2 aromatic carbocycles.